The van der Waals surface area contributed by atoms with Crippen molar-refractivity contribution in [2.45, 2.75) is 53.0 Å². The molecule has 1 aromatic rings. The molecule has 2 heteroatoms. The first-order valence-corrected chi connectivity index (χ1v) is 8.17. The molecule has 0 spiro atoms. The number of benzene rings is 1. The van der Waals surface area contributed by atoms with E-state index in [1.807, 2.05) is 0 Å². The minimum absolute atomic E-state index is 0.474. The topological polar surface area (TPSA) is 15.3 Å². The Morgan fingerprint density at radius 3 is 1.95 bits per heavy atom. The summed E-state index contributed by atoms with van der Waals surface area (Å²) in [6.07, 6.45) is 1.18. The van der Waals surface area contributed by atoms with E-state index in [1.54, 1.807) is 0 Å². The number of hydrogen-bond donors (Lipinski definition) is 1. The van der Waals surface area contributed by atoms with E-state index in [4.69, 9.17) is 0 Å². The largest absolute Gasteiger partial charge is 0.310 e. The molecule has 2 nitrogen and oxygen atoms in total. The lowest BCUT2D eigenvalue weighted by atomic mass is 9.97. The first kappa shape index (κ1) is 17.2. The fourth-order valence-electron chi connectivity index (χ4n) is 2.60. The lowest BCUT2D eigenvalue weighted by Gasteiger charge is -2.24. The highest BCUT2D eigenvalue weighted by atomic mass is 15.1. The minimum Gasteiger partial charge on any atom is -0.310 e. The Morgan fingerprint density at radius 2 is 1.50 bits per heavy atom. The van der Waals surface area contributed by atoms with Crippen LogP contribution in [0.2, 0.25) is 0 Å². The fraction of sp³-hybridized carbons (Fsp3) is 0.667. The quantitative estimate of drug-likeness (QED) is 0.727. The van der Waals surface area contributed by atoms with Crippen molar-refractivity contribution in [1.82, 2.24) is 10.2 Å². The molecule has 0 aliphatic rings. The molecule has 0 saturated heterocycles. The second-order valence-electron chi connectivity index (χ2n) is 5.75. The van der Waals surface area contributed by atoms with E-state index in [0.717, 1.165) is 26.2 Å². The van der Waals surface area contributed by atoms with Crippen LogP contribution >= 0.6 is 0 Å². The van der Waals surface area contributed by atoms with E-state index in [1.165, 1.54) is 17.5 Å². The Labute approximate surface area is 125 Å². The molecule has 0 heterocycles. The van der Waals surface area contributed by atoms with Crippen LogP contribution in [0.3, 0.4) is 0 Å². The molecule has 0 radical (unpaired) electrons. The Hall–Kier alpha value is -0.860. The van der Waals surface area contributed by atoms with Gasteiger partial charge in [-0.2, -0.15) is 0 Å². The van der Waals surface area contributed by atoms with E-state index in [2.05, 4.69) is 69.1 Å². The molecular weight excluding hydrogens is 244 g/mol. The van der Waals surface area contributed by atoms with Gasteiger partial charge in [0.25, 0.3) is 0 Å². The van der Waals surface area contributed by atoms with Gasteiger partial charge in [-0.15, -0.1) is 0 Å². The summed E-state index contributed by atoms with van der Waals surface area (Å²) in [5.74, 6) is 0.609. The average Bonchev–Trinajstić information content (AvgIpc) is 2.47. The van der Waals surface area contributed by atoms with E-state index in [0.29, 0.717) is 12.0 Å². The predicted octanol–water partition coefficient (Wildman–Crippen LogP) is 4.19. The van der Waals surface area contributed by atoms with Crippen LogP contribution in [-0.2, 0) is 0 Å². The van der Waals surface area contributed by atoms with E-state index < -0.39 is 0 Å². The number of rotatable bonds is 9. The number of nitrogens with zero attached hydrogens (tertiary/aromatic N) is 1. The monoisotopic (exact) mass is 276 g/mol. The van der Waals surface area contributed by atoms with Gasteiger partial charge in [0.05, 0.1) is 0 Å². The molecule has 20 heavy (non-hydrogen) atoms. The maximum absolute atomic E-state index is 3.62. The van der Waals surface area contributed by atoms with Crippen LogP contribution in [0.15, 0.2) is 24.3 Å². The van der Waals surface area contributed by atoms with Crippen LogP contribution < -0.4 is 5.32 Å². The summed E-state index contributed by atoms with van der Waals surface area (Å²) in [5.41, 5.74) is 2.84. The summed E-state index contributed by atoms with van der Waals surface area (Å²) in [4.78, 5) is 2.49. The van der Waals surface area contributed by atoms with Crippen LogP contribution in [-0.4, -0.2) is 31.1 Å². The molecule has 1 N–H and O–H groups in total. The first-order valence-electron chi connectivity index (χ1n) is 8.17. The second kappa shape index (κ2) is 9.15. The molecule has 0 fully saturated rings. The van der Waals surface area contributed by atoms with Crippen LogP contribution in [0.25, 0.3) is 0 Å². The summed E-state index contributed by atoms with van der Waals surface area (Å²) in [5, 5.41) is 3.62. The van der Waals surface area contributed by atoms with E-state index in [9.17, 15) is 0 Å². The molecule has 0 saturated carbocycles. The fourth-order valence-corrected chi connectivity index (χ4v) is 2.60. The van der Waals surface area contributed by atoms with Gasteiger partial charge in [-0.05, 0) is 49.6 Å². The zero-order chi connectivity index (χ0) is 15.0. The third-order valence-electron chi connectivity index (χ3n) is 4.08. The summed E-state index contributed by atoms with van der Waals surface area (Å²) < 4.78 is 0. The van der Waals surface area contributed by atoms with Gasteiger partial charge in [0.2, 0.25) is 0 Å². The molecule has 114 valence electrons. The lowest BCUT2D eigenvalue weighted by molar-refractivity contribution is 0.282. The lowest BCUT2D eigenvalue weighted by Crippen LogP contribution is -2.29. The molecule has 1 aromatic carbocycles. The van der Waals surface area contributed by atoms with Gasteiger partial charge in [0.15, 0.2) is 0 Å². The van der Waals surface area contributed by atoms with Crippen molar-refractivity contribution in [2.75, 3.05) is 26.2 Å². The van der Waals surface area contributed by atoms with Crippen molar-refractivity contribution in [3.63, 3.8) is 0 Å². The van der Waals surface area contributed by atoms with Crippen molar-refractivity contribution in [1.29, 1.82) is 0 Å². The molecule has 0 aliphatic heterocycles. The third kappa shape index (κ3) is 5.26. The van der Waals surface area contributed by atoms with Crippen molar-refractivity contribution in [2.24, 2.45) is 0 Å². The summed E-state index contributed by atoms with van der Waals surface area (Å²) >= 11 is 0. The van der Waals surface area contributed by atoms with Gasteiger partial charge >= 0.3 is 0 Å². The van der Waals surface area contributed by atoms with Gasteiger partial charge in [0.1, 0.15) is 0 Å². The number of hydrogen-bond acceptors (Lipinski definition) is 2. The van der Waals surface area contributed by atoms with Crippen molar-refractivity contribution in [3.05, 3.63) is 35.4 Å². The molecular formula is C18H32N2. The third-order valence-corrected chi connectivity index (χ3v) is 4.08. The summed E-state index contributed by atoms with van der Waals surface area (Å²) in [7, 11) is 0. The smallest absolute Gasteiger partial charge is 0.0332 e. The van der Waals surface area contributed by atoms with E-state index in [-0.39, 0.29) is 0 Å². The SMILES string of the molecule is CCNC(CCN(CC)CC)c1ccc(C(C)C)cc1. The van der Waals surface area contributed by atoms with Gasteiger partial charge in [0, 0.05) is 6.04 Å². The van der Waals surface area contributed by atoms with Crippen molar-refractivity contribution < 1.29 is 0 Å². The highest BCUT2D eigenvalue weighted by Gasteiger charge is 2.12. The first-order chi connectivity index (χ1) is 9.62. The minimum atomic E-state index is 0.474. The van der Waals surface area contributed by atoms with Gasteiger partial charge < -0.3 is 10.2 Å². The maximum Gasteiger partial charge on any atom is 0.0332 e. The van der Waals surface area contributed by atoms with E-state index >= 15 is 0 Å². The molecule has 1 rings (SSSR count). The molecule has 0 bridgehead atoms. The highest BCUT2D eigenvalue weighted by Crippen LogP contribution is 2.21. The Balaban J connectivity index is 2.69. The molecule has 0 amide bonds. The van der Waals surface area contributed by atoms with Gasteiger partial charge in [-0.1, -0.05) is 58.9 Å². The molecule has 0 aromatic heterocycles. The zero-order valence-corrected chi connectivity index (χ0v) is 13.9. The molecule has 1 atom stereocenters. The molecule has 0 aliphatic carbocycles. The Bertz CT molecular complexity index is 352. The van der Waals surface area contributed by atoms with Crippen LogP contribution in [0.1, 0.15) is 64.1 Å². The molecule has 1 unspecified atom stereocenters. The van der Waals surface area contributed by atoms with Crippen LogP contribution in [0.4, 0.5) is 0 Å². The van der Waals surface area contributed by atoms with Crippen molar-refractivity contribution in [3.8, 4) is 0 Å². The van der Waals surface area contributed by atoms with Crippen LogP contribution in [0.5, 0.6) is 0 Å². The van der Waals surface area contributed by atoms with Crippen LogP contribution in [0, 0.1) is 0 Å². The Kier molecular flexibility index (Phi) is 7.86. The number of nitrogens with one attached hydrogen (secondary N) is 1. The zero-order valence-electron chi connectivity index (χ0n) is 13.9. The normalized spacial score (nSPS) is 13.2. The maximum atomic E-state index is 3.62. The summed E-state index contributed by atoms with van der Waals surface area (Å²) in [6, 6.07) is 9.63. The average molecular weight is 276 g/mol. The standard InChI is InChI=1S/C18H32N2/c1-6-19-18(13-14-20(7-2)8-3)17-11-9-16(10-12-17)15(4)5/h9-12,15,18-19H,6-8,13-14H2,1-5H3. The van der Waals surface area contributed by atoms with Crippen molar-refractivity contribution >= 4 is 0 Å². The second-order valence-corrected chi connectivity index (χ2v) is 5.75. The van der Waals surface area contributed by atoms with Gasteiger partial charge in [-0.25, -0.2) is 0 Å². The van der Waals surface area contributed by atoms with Gasteiger partial charge in [-0.3, -0.25) is 0 Å². The highest BCUT2D eigenvalue weighted by molar-refractivity contribution is 5.26. The summed E-state index contributed by atoms with van der Waals surface area (Å²) in [6.45, 7) is 15.6. The predicted molar refractivity (Wildman–Crippen MR) is 89.4 cm³/mol. The Morgan fingerprint density at radius 1 is 0.950 bits per heavy atom.